The zero-order chi connectivity index (χ0) is 16.8. The standard InChI is InChI=1S/C16H21BrN6O/c1-12-10-13(17)2-3-14(12)20-15-11-19-22-16(21-15)18-4-5-23-6-8-24-9-7-23/h2-3,10-11H,4-9H2,1H3,(H2,18,20,21,22). The number of rotatable bonds is 6. The van der Waals surface area contributed by atoms with Crippen molar-refractivity contribution in [3.05, 3.63) is 34.4 Å². The van der Waals surface area contributed by atoms with E-state index in [1.54, 1.807) is 6.20 Å². The van der Waals surface area contributed by atoms with Gasteiger partial charge in [-0.3, -0.25) is 4.90 Å². The van der Waals surface area contributed by atoms with Crippen LogP contribution in [0.3, 0.4) is 0 Å². The molecule has 1 aromatic carbocycles. The van der Waals surface area contributed by atoms with Crippen molar-refractivity contribution in [3.8, 4) is 0 Å². The van der Waals surface area contributed by atoms with Crippen molar-refractivity contribution < 1.29 is 4.74 Å². The number of anilines is 3. The molecule has 2 heterocycles. The molecule has 3 rings (SSSR count). The number of hydrogen-bond donors (Lipinski definition) is 2. The molecule has 2 aromatic rings. The highest BCUT2D eigenvalue weighted by molar-refractivity contribution is 9.10. The molecule has 1 aromatic heterocycles. The normalized spacial score (nSPS) is 15.2. The van der Waals surface area contributed by atoms with Gasteiger partial charge in [-0.15, -0.1) is 5.10 Å². The molecule has 0 spiro atoms. The zero-order valence-electron chi connectivity index (χ0n) is 13.6. The van der Waals surface area contributed by atoms with Crippen molar-refractivity contribution in [2.75, 3.05) is 50.0 Å². The Balaban J connectivity index is 1.55. The summed E-state index contributed by atoms with van der Waals surface area (Å²) in [5, 5.41) is 14.6. The van der Waals surface area contributed by atoms with Gasteiger partial charge in [0.05, 0.1) is 19.4 Å². The summed E-state index contributed by atoms with van der Waals surface area (Å²) in [4.78, 5) is 6.82. The molecule has 24 heavy (non-hydrogen) atoms. The fourth-order valence-corrected chi connectivity index (χ4v) is 2.97. The van der Waals surface area contributed by atoms with Gasteiger partial charge in [0.2, 0.25) is 5.95 Å². The molecular formula is C16H21BrN6O. The summed E-state index contributed by atoms with van der Waals surface area (Å²) in [6.07, 6.45) is 1.62. The minimum atomic E-state index is 0.531. The van der Waals surface area contributed by atoms with Crippen molar-refractivity contribution in [2.45, 2.75) is 6.92 Å². The number of hydrogen-bond acceptors (Lipinski definition) is 7. The van der Waals surface area contributed by atoms with Crippen LogP contribution in [-0.2, 0) is 4.74 Å². The largest absolute Gasteiger partial charge is 0.379 e. The van der Waals surface area contributed by atoms with Crippen LogP contribution in [0.4, 0.5) is 17.5 Å². The molecule has 128 valence electrons. The van der Waals surface area contributed by atoms with E-state index in [1.165, 1.54) is 0 Å². The molecule has 1 fully saturated rings. The second kappa shape index (κ2) is 8.36. The Kier molecular flexibility index (Phi) is 5.95. The SMILES string of the molecule is Cc1cc(Br)ccc1Nc1cnnc(NCCN2CCOCC2)n1. The number of halogens is 1. The quantitative estimate of drug-likeness (QED) is 0.781. The minimum absolute atomic E-state index is 0.531. The third-order valence-electron chi connectivity index (χ3n) is 3.82. The molecule has 0 atom stereocenters. The van der Waals surface area contributed by atoms with Crippen LogP contribution in [0, 0.1) is 6.92 Å². The van der Waals surface area contributed by atoms with Gasteiger partial charge in [0.25, 0.3) is 0 Å². The first-order valence-corrected chi connectivity index (χ1v) is 8.77. The number of ether oxygens (including phenoxy) is 1. The van der Waals surface area contributed by atoms with Gasteiger partial charge in [0.1, 0.15) is 0 Å². The molecule has 0 unspecified atom stereocenters. The summed E-state index contributed by atoms with van der Waals surface area (Å²) in [6.45, 7) is 7.34. The summed E-state index contributed by atoms with van der Waals surface area (Å²) in [5.74, 6) is 1.20. The van der Waals surface area contributed by atoms with Gasteiger partial charge in [0, 0.05) is 36.3 Å². The van der Waals surface area contributed by atoms with Gasteiger partial charge in [-0.1, -0.05) is 15.9 Å². The highest BCUT2D eigenvalue weighted by Crippen LogP contribution is 2.22. The molecule has 8 heteroatoms. The molecule has 0 saturated carbocycles. The van der Waals surface area contributed by atoms with Gasteiger partial charge in [0.15, 0.2) is 5.82 Å². The molecule has 0 amide bonds. The van der Waals surface area contributed by atoms with Crippen molar-refractivity contribution in [1.29, 1.82) is 0 Å². The van der Waals surface area contributed by atoms with Crippen LogP contribution >= 0.6 is 15.9 Å². The lowest BCUT2D eigenvalue weighted by Gasteiger charge is -2.26. The Bertz CT molecular complexity index is 677. The molecule has 1 aliphatic rings. The zero-order valence-corrected chi connectivity index (χ0v) is 15.2. The van der Waals surface area contributed by atoms with Crippen molar-refractivity contribution in [3.63, 3.8) is 0 Å². The van der Waals surface area contributed by atoms with E-state index in [0.29, 0.717) is 11.8 Å². The average molecular weight is 393 g/mol. The number of benzene rings is 1. The minimum Gasteiger partial charge on any atom is -0.379 e. The van der Waals surface area contributed by atoms with Crippen LogP contribution in [0.2, 0.25) is 0 Å². The molecule has 7 nitrogen and oxygen atoms in total. The maximum atomic E-state index is 5.35. The van der Waals surface area contributed by atoms with Crippen molar-refractivity contribution >= 4 is 33.4 Å². The smallest absolute Gasteiger partial charge is 0.244 e. The third-order valence-corrected chi connectivity index (χ3v) is 4.32. The lowest BCUT2D eigenvalue weighted by atomic mass is 10.2. The van der Waals surface area contributed by atoms with Crippen molar-refractivity contribution in [2.24, 2.45) is 0 Å². The second-order valence-corrected chi connectivity index (χ2v) is 6.55. The van der Waals surface area contributed by atoms with E-state index in [1.807, 2.05) is 19.1 Å². The maximum Gasteiger partial charge on any atom is 0.244 e. The maximum absolute atomic E-state index is 5.35. The first-order chi connectivity index (χ1) is 11.7. The average Bonchev–Trinajstić information content (AvgIpc) is 2.59. The number of aromatic nitrogens is 3. The predicted molar refractivity (Wildman–Crippen MR) is 97.7 cm³/mol. The molecule has 2 N–H and O–H groups in total. The van der Waals surface area contributed by atoms with E-state index >= 15 is 0 Å². The van der Waals surface area contributed by atoms with Crippen LogP contribution < -0.4 is 10.6 Å². The number of nitrogens with zero attached hydrogens (tertiary/aromatic N) is 4. The first-order valence-electron chi connectivity index (χ1n) is 7.97. The van der Waals surface area contributed by atoms with E-state index < -0.39 is 0 Å². The number of morpholine rings is 1. The fraction of sp³-hybridized carbons (Fsp3) is 0.438. The van der Waals surface area contributed by atoms with Gasteiger partial charge in [-0.05, 0) is 30.7 Å². The summed E-state index contributed by atoms with van der Waals surface area (Å²) >= 11 is 3.47. The van der Waals surface area contributed by atoms with E-state index in [0.717, 1.165) is 55.1 Å². The van der Waals surface area contributed by atoms with Crippen molar-refractivity contribution in [1.82, 2.24) is 20.1 Å². The third kappa shape index (κ3) is 4.86. The molecule has 0 aliphatic carbocycles. The Hall–Kier alpha value is -1.77. The van der Waals surface area contributed by atoms with E-state index in [4.69, 9.17) is 4.74 Å². The molecule has 1 saturated heterocycles. The summed E-state index contributed by atoms with van der Waals surface area (Å²) < 4.78 is 6.40. The first kappa shape index (κ1) is 17.1. The molecule has 0 radical (unpaired) electrons. The Morgan fingerprint density at radius 1 is 1.29 bits per heavy atom. The highest BCUT2D eigenvalue weighted by Gasteiger charge is 2.10. The van der Waals surface area contributed by atoms with Crippen LogP contribution in [-0.4, -0.2) is 59.5 Å². The predicted octanol–water partition coefficient (Wildman–Crippen LogP) is 2.43. The Morgan fingerprint density at radius 2 is 2.12 bits per heavy atom. The lowest BCUT2D eigenvalue weighted by molar-refractivity contribution is 0.0398. The molecular weight excluding hydrogens is 372 g/mol. The molecule has 0 bridgehead atoms. The number of aryl methyl sites for hydroxylation is 1. The van der Waals surface area contributed by atoms with E-state index in [-0.39, 0.29) is 0 Å². The monoisotopic (exact) mass is 392 g/mol. The lowest BCUT2D eigenvalue weighted by Crippen LogP contribution is -2.39. The Labute approximate surface area is 150 Å². The topological polar surface area (TPSA) is 75.2 Å². The van der Waals surface area contributed by atoms with Crippen LogP contribution in [0.25, 0.3) is 0 Å². The van der Waals surface area contributed by atoms with E-state index in [9.17, 15) is 0 Å². The van der Waals surface area contributed by atoms with Gasteiger partial charge < -0.3 is 15.4 Å². The summed E-state index contributed by atoms with van der Waals surface area (Å²) in [5.41, 5.74) is 2.13. The van der Waals surface area contributed by atoms with Crippen LogP contribution in [0.15, 0.2) is 28.9 Å². The van der Waals surface area contributed by atoms with Gasteiger partial charge >= 0.3 is 0 Å². The van der Waals surface area contributed by atoms with Gasteiger partial charge in [-0.25, -0.2) is 0 Å². The highest BCUT2D eigenvalue weighted by atomic mass is 79.9. The van der Waals surface area contributed by atoms with Crippen LogP contribution in [0.1, 0.15) is 5.56 Å². The molecule has 1 aliphatic heterocycles. The second-order valence-electron chi connectivity index (χ2n) is 5.63. The Morgan fingerprint density at radius 3 is 2.92 bits per heavy atom. The fourth-order valence-electron chi connectivity index (χ4n) is 2.49. The van der Waals surface area contributed by atoms with E-state index in [2.05, 4.69) is 52.7 Å². The van der Waals surface area contributed by atoms with Gasteiger partial charge in [-0.2, -0.15) is 10.1 Å². The summed E-state index contributed by atoms with van der Waals surface area (Å²) in [7, 11) is 0. The number of nitrogens with one attached hydrogen (secondary N) is 2. The summed E-state index contributed by atoms with van der Waals surface area (Å²) in [6, 6.07) is 6.05. The van der Waals surface area contributed by atoms with Crippen LogP contribution in [0.5, 0.6) is 0 Å².